The molecule has 0 bridgehead atoms. The molecule has 0 radical (unpaired) electrons. The van der Waals surface area contributed by atoms with Crippen molar-refractivity contribution in [3.05, 3.63) is 29.8 Å². The second kappa shape index (κ2) is 6.03. The van der Waals surface area contributed by atoms with Gasteiger partial charge in [0.25, 0.3) is 0 Å². The highest BCUT2D eigenvalue weighted by atomic mass is 16.5. The molecule has 0 aliphatic rings. The van der Waals surface area contributed by atoms with Crippen LogP contribution in [0.5, 0.6) is 5.75 Å². The van der Waals surface area contributed by atoms with Crippen LogP contribution in [-0.4, -0.2) is 24.4 Å². The molecule has 0 aliphatic carbocycles. The van der Waals surface area contributed by atoms with Gasteiger partial charge in [-0.25, -0.2) is 0 Å². The van der Waals surface area contributed by atoms with E-state index in [4.69, 9.17) is 9.47 Å². The Morgan fingerprint density at radius 2 is 1.82 bits per heavy atom. The maximum absolute atomic E-state index is 10.1. The number of aliphatic hydroxyl groups is 1. The first-order chi connectivity index (χ1) is 8.01. The Morgan fingerprint density at radius 1 is 1.24 bits per heavy atom. The third-order valence-corrected chi connectivity index (χ3v) is 2.85. The lowest BCUT2D eigenvalue weighted by atomic mass is 9.94. The molecule has 0 heterocycles. The van der Waals surface area contributed by atoms with E-state index in [0.29, 0.717) is 6.61 Å². The molecule has 17 heavy (non-hydrogen) atoms. The van der Waals surface area contributed by atoms with Gasteiger partial charge in [0.05, 0.1) is 12.2 Å². The first kappa shape index (κ1) is 14.0. The predicted octanol–water partition coefficient (Wildman–Crippen LogP) is 2.93. The average Bonchev–Trinajstić information content (AvgIpc) is 2.36. The second-order valence-corrected chi connectivity index (χ2v) is 4.63. The molecule has 1 rings (SSSR count). The zero-order valence-electron chi connectivity index (χ0n) is 11.1. The molecule has 0 aromatic heterocycles. The van der Waals surface area contributed by atoms with Crippen molar-refractivity contribution < 1.29 is 14.6 Å². The van der Waals surface area contributed by atoms with Gasteiger partial charge in [-0.1, -0.05) is 19.1 Å². The zero-order valence-corrected chi connectivity index (χ0v) is 11.1. The van der Waals surface area contributed by atoms with Crippen LogP contribution in [0.15, 0.2) is 24.3 Å². The van der Waals surface area contributed by atoms with E-state index in [9.17, 15) is 5.11 Å². The first-order valence-electron chi connectivity index (χ1n) is 5.97. The largest absolute Gasteiger partial charge is 0.494 e. The van der Waals surface area contributed by atoms with E-state index >= 15 is 0 Å². The third kappa shape index (κ3) is 3.72. The summed E-state index contributed by atoms with van der Waals surface area (Å²) < 4.78 is 10.8. The van der Waals surface area contributed by atoms with Crippen molar-refractivity contribution in [1.82, 2.24) is 0 Å². The van der Waals surface area contributed by atoms with Crippen LogP contribution in [-0.2, 0) is 4.74 Å². The Kier molecular flexibility index (Phi) is 4.97. The summed E-state index contributed by atoms with van der Waals surface area (Å²) in [7, 11) is 1.60. The van der Waals surface area contributed by atoms with Crippen molar-refractivity contribution in [2.24, 2.45) is 0 Å². The van der Waals surface area contributed by atoms with Crippen LogP contribution >= 0.6 is 0 Å². The van der Waals surface area contributed by atoms with Gasteiger partial charge in [0.2, 0.25) is 0 Å². The molecule has 0 fully saturated rings. The SMILES string of the molecule is CCCOc1ccc(C(O)C(C)(C)OC)cc1. The molecule has 0 amide bonds. The molecule has 1 aromatic rings. The summed E-state index contributed by atoms with van der Waals surface area (Å²) in [5.41, 5.74) is 0.243. The molecule has 3 heteroatoms. The summed E-state index contributed by atoms with van der Waals surface area (Å²) in [5, 5.41) is 10.1. The highest BCUT2D eigenvalue weighted by Gasteiger charge is 2.28. The Balaban J connectivity index is 2.73. The minimum Gasteiger partial charge on any atom is -0.494 e. The second-order valence-electron chi connectivity index (χ2n) is 4.63. The maximum atomic E-state index is 10.1. The van der Waals surface area contributed by atoms with Crippen molar-refractivity contribution >= 4 is 0 Å². The molecule has 3 nitrogen and oxygen atoms in total. The molecule has 1 N–H and O–H groups in total. The summed E-state index contributed by atoms with van der Waals surface area (Å²) in [5.74, 6) is 0.832. The summed E-state index contributed by atoms with van der Waals surface area (Å²) in [6, 6.07) is 7.49. The van der Waals surface area contributed by atoms with Crippen LogP contribution in [0.3, 0.4) is 0 Å². The third-order valence-electron chi connectivity index (χ3n) is 2.85. The standard InChI is InChI=1S/C14H22O3/c1-5-10-17-12-8-6-11(7-9-12)13(15)14(2,3)16-4/h6-9,13,15H,5,10H2,1-4H3. The quantitative estimate of drug-likeness (QED) is 0.828. The monoisotopic (exact) mass is 238 g/mol. The minimum absolute atomic E-state index is 0.591. The molecular weight excluding hydrogens is 216 g/mol. The number of methoxy groups -OCH3 is 1. The van der Waals surface area contributed by atoms with E-state index in [-0.39, 0.29) is 0 Å². The summed E-state index contributed by atoms with van der Waals surface area (Å²) >= 11 is 0. The zero-order chi connectivity index (χ0) is 12.9. The molecule has 1 atom stereocenters. The molecule has 1 unspecified atom stereocenters. The fourth-order valence-corrected chi connectivity index (χ4v) is 1.48. The van der Waals surface area contributed by atoms with Gasteiger partial charge < -0.3 is 14.6 Å². The molecule has 96 valence electrons. The van der Waals surface area contributed by atoms with Gasteiger partial charge in [-0.2, -0.15) is 0 Å². The molecular formula is C14H22O3. The molecule has 0 saturated carbocycles. The van der Waals surface area contributed by atoms with Gasteiger partial charge in [-0.3, -0.25) is 0 Å². The lowest BCUT2D eigenvalue weighted by Gasteiger charge is -2.29. The molecule has 1 aromatic carbocycles. The number of ether oxygens (including phenoxy) is 2. The number of hydrogen-bond donors (Lipinski definition) is 1. The van der Waals surface area contributed by atoms with Gasteiger partial charge >= 0.3 is 0 Å². The lowest BCUT2D eigenvalue weighted by molar-refractivity contribution is -0.0793. The Labute approximate surface area is 103 Å². The normalized spacial score (nSPS) is 13.5. The Bertz CT molecular complexity index is 330. The topological polar surface area (TPSA) is 38.7 Å². The highest BCUT2D eigenvalue weighted by molar-refractivity contribution is 5.29. The number of rotatable bonds is 6. The number of hydrogen-bond acceptors (Lipinski definition) is 3. The van der Waals surface area contributed by atoms with Crippen LogP contribution in [0.4, 0.5) is 0 Å². The summed E-state index contributed by atoms with van der Waals surface area (Å²) in [6.07, 6.45) is 0.342. The van der Waals surface area contributed by atoms with E-state index < -0.39 is 11.7 Å². The van der Waals surface area contributed by atoms with Crippen molar-refractivity contribution in [1.29, 1.82) is 0 Å². The average molecular weight is 238 g/mol. The lowest BCUT2D eigenvalue weighted by Crippen LogP contribution is -2.31. The summed E-state index contributed by atoms with van der Waals surface area (Å²) in [6.45, 7) is 6.50. The van der Waals surface area contributed by atoms with Crippen LogP contribution in [0, 0.1) is 0 Å². The molecule has 0 spiro atoms. The van der Waals surface area contributed by atoms with Gasteiger partial charge in [0.15, 0.2) is 0 Å². The van der Waals surface area contributed by atoms with Gasteiger partial charge in [-0.15, -0.1) is 0 Å². The predicted molar refractivity (Wildman–Crippen MR) is 68.3 cm³/mol. The van der Waals surface area contributed by atoms with E-state index in [2.05, 4.69) is 6.92 Å². The van der Waals surface area contributed by atoms with Crippen LogP contribution in [0.25, 0.3) is 0 Å². The Hall–Kier alpha value is -1.06. The van der Waals surface area contributed by atoms with Crippen molar-refractivity contribution in [3.8, 4) is 5.75 Å². The fourth-order valence-electron chi connectivity index (χ4n) is 1.48. The van der Waals surface area contributed by atoms with Gasteiger partial charge in [0.1, 0.15) is 11.9 Å². The van der Waals surface area contributed by atoms with Gasteiger partial charge in [-0.05, 0) is 38.0 Å². The van der Waals surface area contributed by atoms with Crippen molar-refractivity contribution in [3.63, 3.8) is 0 Å². The van der Waals surface area contributed by atoms with E-state index in [1.54, 1.807) is 7.11 Å². The minimum atomic E-state index is -0.646. The smallest absolute Gasteiger partial charge is 0.119 e. The number of benzene rings is 1. The van der Waals surface area contributed by atoms with Crippen molar-refractivity contribution in [2.45, 2.75) is 38.9 Å². The fraction of sp³-hybridized carbons (Fsp3) is 0.571. The van der Waals surface area contributed by atoms with Crippen LogP contribution in [0.2, 0.25) is 0 Å². The first-order valence-corrected chi connectivity index (χ1v) is 5.97. The van der Waals surface area contributed by atoms with E-state index in [1.165, 1.54) is 0 Å². The van der Waals surface area contributed by atoms with Crippen LogP contribution < -0.4 is 4.74 Å². The van der Waals surface area contributed by atoms with Gasteiger partial charge in [0, 0.05) is 7.11 Å². The Morgan fingerprint density at radius 3 is 2.29 bits per heavy atom. The maximum Gasteiger partial charge on any atom is 0.119 e. The summed E-state index contributed by atoms with van der Waals surface area (Å²) in [4.78, 5) is 0. The van der Waals surface area contributed by atoms with E-state index in [1.807, 2.05) is 38.1 Å². The van der Waals surface area contributed by atoms with Crippen LogP contribution in [0.1, 0.15) is 38.9 Å². The molecule has 0 saturated heterocycles. The van der Waals surface area contributed by atoms with E-state index in [0.717, 1.165) is 17.7 Å². The highest BCUT2D eigenvalue weighted by Crippen LogP contribution is 2.29. The van der Waals surface area contributed by atoms with Crippen molar-refractivity contribution in [2.75, 3.05) is 13.7 Å². The number of aliphatic hydroxyl groups excluding tert-OH is 1. The molecule has 0 aliphatic heterocycles.